The largest absolute Gasteiger partial charge is 0.374 e. The highest BCUT2D eigenvalue weighted by Gasteiger charge is 2.45. The third-order valence-corrected chi connectivity index (χ3v) is 7.96. The van der Waals surface area contributed by atoms with Gasteiger partial charge in [-0.3, -0.25) is 14.5 Å². The van der Waals surface area contributed by atoms with Crippen LogP contribution in [-0.2, 0) is 9.59 Å². The fourth-order valence-electron chi connectivity index (χ4n) is 5.40. The molecule has 1 aromatic carbocycles. The van der Waals surface area contributed by atoms with Crippen LogP contribution in [0.15, 0.2) is 78.0 Å². The Morgan fingerprint density at radius 3 is 2.56 bits per heavy atom. The first-order valence-electron chi connectivity index (χ1n) is 13.9. The number of rotatable bonds is 9. The first-order chi connectivity index (χ1) is 20.4. The van der Waals surface area contributed by atoms with E-state index >= 15 is 0 Å². The molecule has 2 N–H and O–H groups in total. The van der Waals surface area contributed by atoms with Crippen molar-refractivity contribution < 1.29 is 32.3 Å². The van der Waals surface area contributed by atoms with Crippen molar-refractivity contribution in [1.29, 1.82) is 0 Å². The Morgan fingerprint density at radius 1 is 1.19 bits per heavy atom. The predicted molar refractivity (Wildman–Crippen MR) is 157 cm³/mol. The molecule has 1 saturated carbocycles. The third-order valence-electron chi connectivity index (χ3n) is 7.59. The molecule has 43 heavy (non-hydrogen) atoms. The van der Waals surface area contributed by atoms with Crippen LogP contribution in [0.25, 0.3) is 0 Å². The lowest BCUT2D eigenvalue weighted by Crippen LogP contribution is -2.58. The van der Waals surface area contributed by atoms with Gasteiger partial charge in [0, 0.05) is 35.8 Å². The molecular weight excluding hydrogens is 588 g/mol. The average molecular weight is 621 g/mol. The first-order valence-corrected chi connectivity index (χ1v) is 14.3. The minimum Gasteiger partial charge on any atom is -0.374 e. The van der Waals surface area contributed by atoms with Gasteiger partial charge in [0.2, 0.25) is 11.8 Å². The molecule has 2 aliphatic rings. The number of nitrogens with zero attached hydrogens (tertiary/aromatic N) is 3. The number of pyridine rings is 1. The standard InChI is InChI=1S/C31H33ClF4N4O3/c1-3-4-9-23(32)19(2)27(29(42)38-21-13-15-31(35,36)16-14-21)39(22-8-5-7-20(33)18-22)30(43)25-11-12-26(41)40(25)28-24(34)10-6-17-37-28/h3-10,17-18,21,25-27,41H,2,11-16H2,1H3,(H,38,42)/b4-3-,23-9+/t25-,26?,27-/m0/s1. The van der Waals surface area contributed by atoms with E-state index in [0.29, 0.717) is 0 Å². The number of carbonyl (C=O) groups excluding carboxylic acids is 2. The molecule has 1 saturated heterocycles. The summed E-state index contributed by atoms with van der Waals surface area (Å²) in [6.45, 7) is 5.73. The highest BCUT2D eigenvalue weighted by Crippen LogP contribution is 2.36. The molecule has 2 fully saturated rings. The lowest BCUT2D eigenvalue weighted by atomic mass is 9.91. The maximum atomic E-state index is 14.8. The Kier molecular flexibility index (Phi) is 10.3. The molecular formula is C31H33ClF4N4O3. The fraction of sp³-hybridized carbons (Fsp3) is 0.387. The second-order valence-electron chi connectivity index (χ2n) is 10.6. The molecule has 0 bridgehead atoms. The molecule has 0 radical (unpaired) electrons. The van der Waals surface area contributed by atoms with E-state index in [2.05, 4.69) is 16.9 Å². The van der Waals surface area contributed by atoms with Gasteiger partial charge in [-0.2, -0.15) is 0 Å². The molecule has 3 atom stereocenters. The molecule has 1 aromatic heterocycles. The van der Waals surface area contributed by atoms with Crippen molar-refractivity contribution in [3.05, 3.63) is 89.6 Å². The number of nitrogens with one attached hydrogen (secondary N) is 1. The van der Waals surface area contributed by atoms with Gasteiger partial charge in [0.1, 0.15) is 24.1 Å². The Morgan fingerprint density at radius 2 is 1.91 bits per heavy atom. The number of amides is 2. The van der Waals surface area contributed by atoms with Crippen molar-refractivity contribution in [1.82, 2.24) is 10.3 Å². The lowest BCUT2D eigenvalue weighted by molar-refractivity contribution is -0.127. The van der Waals surface area contributed by atoms with Crippen LogP contribution >= 0.6 is 11.6 Å². The van der Waals surface area contributed by atoms with E-state index in [0.717, 1.165) is 28.0 Å². The lowest BCUT2D eigenvalue weighted by Gasteiger charge is -2.38. The van der Waals surface area contributed by atoms with E-state index in [1.54, 1.807) is 19.1 Å². The summed E-state index contributed by atoms with van der Waals surface area (Å²) in [4.78, 5) is 34.6. The van der Waals surface area contributed by atoms with Crippen molar-refractivity contribution in [2.24, 2.45) is 0 Å². The highest BCUT2D eigenvalue weighted by atomic mass is 35.5. The second kappa shape index (κ2) is 13.7. The maximum absolute atomic E-state index is 14.8. The van der Waals surface area contributed by atoms with Crippen LogP contribution in [0.4, 0.5) is 29.1 Å². The topological polar surface area (TPSA) is 85.8 Å². The molecule has 1 aliphatic carbocycles. The summed E-state index contributed by atoms with van der Waals surface area (Å²) >= 11 is 6.53. The SMILES string of the molecule is C=C(/C(Cl)=C\C=C/C)[C@@H](C(=O)NC1CCC(F)(F)CC1)N(C(=O)[C@@H]1CCC(O)N1c1ncccc1F)c1cccc(F)c1. The minimum absolute atomic E-state index is 0.00946. The number of benzene rings is 1. The number of anilines is 2. The molecule has 2 heterocycles. The van der Waals surface area contributed by atoms with E-state index < -0.39 is 66.6 Å². The number of alkyl halides is 2. The van der Waals surface area contributed by atoms with Gasteiger partial charge >= 0.3 is 0 Å². The van der Waals surface area contributed by atoms with Gasteiger partial charge in [0.25, 0.3) is 5.91 Å². The first kappa shape index (κ1) is 32.2. The number of halogens is 5. The molecule has 230 valence electrons. The van der Waals surface area contributed by atoms with Gasteiger partial charge < -0.3 is 15.3 Å². The summed E-state index contributed by atoms with van der Waals surface area (Å²) in [7, 11) is 0. The Bertz CT molecular complexity index is 1410. The number of aromatic nitrogens is 1. The molecule has 4 rings (SSSR count). The molecule has 0 spiro atoms. The summed E-state index contributed by atoms with van der Waals surface area (Å²) < 4.78 is 57.1. The normalized spacial score (nSPS) is 21.6. The summed E-state index contributed by atoms with van der Waals surface area (Å²) in [6, 6.07) is 4.09. The second-order valence-corrected chi connectivity index (χ2v) is 11.0. The number of hydrogen-bond acceptors (Lipinski definition) is 5. The smallest absolute Gasteiger partial charge is 0.250 e. The minimum atomic E-state index is -2.83. The zero-order valence-corrected chi connectivity index (χ0v) is 24.3. The van der Waals surface area contributed by atoms with Gasteiger partial charge in [-0.25, -0.2) is 22.5 Å². The third kappa shape index (κ3) is 7.45. The van der Waals surface area contributed by atoms with Crippen molar-refractivity contribution in [3.8, 4) is 0 Å². The summed E-state index contributed by atoms with van der Waals surface area (Å²) in [5, 5.41) is 13.6. The van der Waals surface area contributed by atoms with Gasteiger partial charge in [0.05, 0.1) is 0 Å². The van der Waals surface area contributed by atoms with E-state index in [1.165, 1.54) is 30.5 Å². The maximum Gasteiger partial charge on any atom is 0.250 e. The molecule has 12 heteroatoms. The van der Waals surface area contributed by atoms with Crippen LogP contribution in [0, 0.1) is 11.6 Å². The monoisotopic (exact) mass is 620 g/mol. The van der Waals surface area contributed by atoms with E-state index in [-0.39, 0.29) is 47.8 Å². The summed E-state index contributed by atoms with van der Waals surface area (Å²) in [6.07, 6.45) is 4.12. The van der Waals surface area contributed by atoms with Crippen LogP contribution in [0.5, 0.6) is 0 Å². The Labute approximate surface area is 252 Å². The van der Waals surface area contributed by atoms with Crippen LogP contribution in [0.2, 0.25) is 0 Å². The Balaban J connectivity index is 1.80. The van der Waals surface area contributed by atoms with Gasteiger partial charge in [-0.15, -0.1) is 0 Å². The van der Waals surface area contributed by atoms with Crippen molar-refractivity contribution in [3.63, 3.8) is 0 Å². The molecule has 1 unspecified atom stereocenters. The van der Waals surface area contributed by atoms with Crippen LogP contribution in [0.1, 0.15) is 45.4 Å². The highest BCUT2D eigenvalue weighted by molar-refractivity contribution is 6.32. The van der Waals surface area contributed by atoms with Crippen LogP contribution in [0.3, 0.4) is 0 Å². The van der Waals surface area contributed by atoms with Crippen molar-refractivity contribution >= 4 is 34.9 Å². The van der Waals surface area contributed by atoms with E-state index in [4.69, 9.17) is 11.6 Å². The molecule has 1 aliphatic heterocycles. The number of allylic oxidation sites excluding steroid dienone is 3. The van der Waals surface area contributed by atoms with Crippen molar-refractivity contribution in [2.75, 3.05) is 9.80 Å². The zero-order chi connectivity index (χ0) is 31.3. The quantitative estimate of drug-likeness (QED) is 0.265. The van der Waals surface area contributed by atoms with Crippen LogP contribution in [-0.4, -0.2) is 52.2 Å². The zero-order valence-electron chi connectivity index (χ0n) is 23.5. The molecule has 7 nitrogen and oxygen atoms in total. The summed E-state index contributed by atoms with van der Waals surface area (Å²) in [5.41, 5.74) is -0.0510. The van der Waals surface area contributed by atoms with Gasteiger partial charge in [-0.1, -0.05) is 36.4 Å². The average Bonchev–Trinajstić information content (AvgIpc) is 3.36. The predicted octanol–water partition coefficient (Wildman–Crippen LogP) is 6.00. The van der Waals surface area contributed by atoms with Crippen molar-refractivity contribution in [2.45, 2.75) is 75.7 Å². The Hall–Kier alpha value is -3.70. The summed E-state index contributed by atoms with van der Waals surface area (Å²) in [5.74, 6) is -6.12. The number of aliphatic hydroxyl groups excluding tert-OH is 1. The fourth-order valence-corrected chi connectivity index (χ4v) is 5.57. The number of aliphatic hydroxyl groups is 1. The van der Waals surface area contributed by atoms with E-state index in [1.807, 2.05) is 0 Å². The van der Waals surface area contributed by atoms with Crippen LogP contribution < -0.4 is 15.1 Å². The molecule has 2 amide bonds. The van der Waals surface area contributed by atoms with Gasteiger partial charge in [0.15, 0.2) is 11.6 Å². The van der Waals surface area contributed by atoms with E-state index in [9.17, 15) is 32.3 Å². The number of hydrogen-bond donors (Lipinski definition) is 2. The van der Waals surface area contributed by atoms with Gasteiger partial charge in [-0.05, 0) is 74.6 Å². The number of carbonyl (C=O) groups is 2. The molecule has 2 aromatic rings.